The molecule has 0 amide bonds. The van der Waals surface area contributed by atoms with Crippen LogP contribution >= 0.6 is 11.6 Å². The summed E-state index contributed by atoms with van der Waals surface area (Å²) in [5, 5.41) is 10.2. The zero-order chi connectivity index (χ0) is 30.7. The van der Waals surface area contributed by atoms with Crippen molar-refractivity contribution in [2.45, 2.75) is 56.8 Å². The third-order valence-electron chi connectivity index (χ3n) is 9.41. The number of aromatic nitrogens is 3. The van der Waals surface area contributed by atoms with Crippen molar-refractivity contribution >= 4 is 34.3 Å². The number of fused-ring (bicyclic) bond motifs is 3. The molecule has 45 heavy (non-hydrogen) atoms. The number of anilines is 1. The third-order valence-corrected chi connectivity index (χ3v) is 9.63. The molecule has 4 aromatic rings. The third kappa shape index (κ3) is 5.07. The minimum atomic E-state index is -1.07. The van der Waals surface area contributed by atoms with Gasteiger partial charge in [-0.25, -0.2) is 9.78 Å². The lowest BCUT2D eigenvalue weighted by molar-refractivity contribution is -0.0716. The van der Waals surface area contributed by atoms with Crippen LogP contribution in [0.4, 0.5) is 5.69 Å². The summed E-state index contributed by atoms with van der Waals surface area (Å²) in [4.78, 5) is 26.1. The number of hydrogen-bond acceptors (Lipinski definition) is 9. The number of hydrogen-bond donors (Lipinski definition) is 1. The molecule has 234 valence electrons. The van der Waals surface area contributed by atoms with Gasteiger partial charge in [0.05, 0.1) is 71.8 Å². The van der Waals surface area contributed by atoms with Crippen molar-refractivity contribution in [2.24, 2.45) is 0 Å². The summed E-state index contributed by atoms with van der Waals surface area (Å²) in [5.41, 5.74) is 3.49. The van der Waals surface area contributed by atoms with Gasteiger partial charge in [0.2, 0.25) is 0 Å². The molecule has 11 nitrogen and oxygen atoms in total. The van der Waals surface area contributed by atoms with Gasteiger partial charge in [0.25, 0.3) is 5.79 Å². The Balaban J connectivity index is 1.07. The average Bonchev–Trinajstić information content (AvgIpc) is 3.84. The summed E-state index contributed by atoms with van der Waals surface area (Å²) in [5.74, 6) is 0.262. The van der Waals surface area contributed by atoms with Crippen molar-refractivity contribution in [3.8, 4) is 11.5 Å². The van der Waals surface area contributed by atoms with Crippen molar-refractivity contribution < 1.29 is 28.8 Å². The maximum Gasteiger partial charge on any atom is 0.335 e. The minimum absolute atomic E-state index is 0.0881. The lowest BCUT2D eigenvalue weighted by atomic mass is 10.0. The van der Waals surface area contributed by atoms with Crippen LogP contribution in [0.2, 0.25) is 5.02 Å². The number of halogens is 1. The molecule has 0 unspecified atom stereocenters. The van der Waals surface area contributed by atoms with Gasteiger partial charge in [0.1, 0.15) is 11.5 Å². The number of carboxylic acids is 1. The minimum Gasteiger partial charge on any atom is -0.478 e. The number of benzene rings is 2. The summed E-state index contributed by atoms with van der Waals surface area (Å²) in [7, 11) is 0. The van der Waals surface area contributed by atoms with Gasteiger partial charge < -0.3 is 33.5 Å². The number of carboxylic acid groups (broad SMARTS) is 1. The number of para-hydroxylation sites is 1. The first kappa shape index (κ1) is 28.6. The van der Waals surface area contributed by atoms with Crippen LogP contribution in [-0.4, -0.2) is 81.6 Å². The van der Waals surface area contributed by atoms with Crippen molar-refractivity contribution in [1.82, 2.24) is 19.4 Å². The number of carbonyl (C=O) groups is 1. The van der Waals surface area contributed by atoms with Gasteiger partial charge in [0, 0.05) is 32.8 Å². The molecular weight excluding hydrogens is 598 g/mol. The Hall–Kier alpha value is -3.90. The lowest BCUT2D eigenvalue weighted by Crippen LogP contribution is -2.59. The first-order chi connectivity index (χ1) is 21.9. The molecule has 12 heteroatoms. The van der Waals surface area contributed by atoms with E-state index in [1.54, 1.807) is 30.5 Å². The molecule has 2 aromatic heterocycles. The Morgan fingerprint density at radius 2 is 2.00 bits per heavy atom. The maximum atomic E-state index is 11.8. The zero-order valence-electron chi connectivity index (χ0n) is 24.9. The Morgan fingerprint density at radius 3 is 2.80 bits per heavy atom. The van der Waals surface area contributed by atoms with E-state index in [1.807, 2.05) is 25.1 Å². The standard InChI is InChI=1S/C33H34ClN5O6/c1-33(29-10-8-21(34)15-35-29)44-28-6-2-5-24(31(28)45-33)38-12-11-37(26-18-42-19-27(26)38)17-30-36-23-9-7-20(32(40)41)14-25(23)39(30)16-22-4-3-13-43-22/h2,5-10,14-15,22,26-27H,3-4,11-13,16-19H2,1H3,(H,40,41)/t22-,26+,27-,33-/m0/s1. The van der Waals surface area contributed by atoms with Gasteiger partial charge in [-0.1, -0.05) is 17.7 Å². The molecule has 4 aliphatic rings. The van der Waals surface area contributed by atoms with Gasteiger partial charge >= 0.3 is 5.97 Å². The summed E-state index contributed by atoms with van der Waals surface area (Å²) < 4.78 is 27.1. The molecule has 0 aliphatic carbocycles. The fourth-order valence-electron chi connectivity index (χ4n) is 7.13. The second-order valence-corrected chi connectivity index (χ2v) is 12.7. The number of pyridine rings is 1. The molecule has 3 saturated heterocycles. The number of imidazole rings is 1. The van der Waals surface area contributed by atoms with Crippen LogP contribution in [0.3, 0.4) is 0 Å². The van der Waals surface area contributed by atoms with Gasteiger partial charge in [-0.3, -0.25) is 9.88 Å². The molecule has 4 aliphatic heterocycles. The van der Waals surface area contributed by atoms with Crippen LogP contribution in [0.1, 0.15) is 41.6 Å². The van der Waals surface area contributed by atoms with E-state index in [-0.39, 0.29) is 23.8 Å². The van der Waals surface area contributed by atoms with E-state index < -0.39 is 11.8 Å². The molecule has 4 atom stereocenters. The van der Waals surface area contributed by atoms with Crippen LogP contribution in [0.5, 0.6) is 11.5 Å². The Morgan fingerprint density at radius 1 is 1.11 bits per heavy atom. The summed E-state index contributed by atoms with van der Waals surface area (Å²) in [6, 6.07) is 15.0. The number of piperazine rings is 1. The Labute approximate surface area is 265 Å². The second kappa shape index (κ2) is 11.2. The average molecular weight is 632 g/mol. The number of nitrogens with zero attached hydrogens (tertiary/aromatic N) is 5. The van der Waals surface area contributed by atoms with E-state index in [0.717, 1.165) is 55.1 Å². The normalized spacial score (nSPS) is 26.1. The fraction of sp³-hybridized carbons (Fsp3) is 0.424. The van der Waals surface area contributed by atoms with Gasteiger partial charge in [-0.15, -0.1) is 0 Å². The molecule has 3 fully saturated rings. The van der Waals surface area contributed by atoms with E-state index in [2.05, 4.69) is 25.4 Å². The number of aromatic carboxylic acids is 1. The van der Waals surface area contributed by atoms with Gasteiger partial charge in [-0.2, -0.15) is 0 Å². The summed E-state index contributed by atoms with van der Waals surface area (Å²) in [6.45, 7) is 6.64. The highest BCUT2D eigenvalue weighted by atomic mass is 35.5. The molecule has 0 bridgehead atoms. The zero-order valence-corrected chi connectivity index (χ0v) is 25.7. The van der Waals surface area contributed by atoms with Crippen molar-refractivity contribution in [3.05, 3.63) is 76.8 Å². The van der Waals surface area contributed by atoms with Crippen LogP contribution in [-0.2, 0) is 28.4 Å². The molecule has 0 radical (unpaired) electrons. The monoisotopic (exact) mass is 631 g/mol. The van der Waals surface area contributed by atoms with Crippen LogP contribution in [0, 0.1) is 0 Å². The van der Waals surface area contributed by atoms with E-state index in [9.17, 15) is 9.90 Å². The predicted octanol–water partition coefficient (Wildman–Crippen LogP) is 4.70. The first-order valence-electron chi connectivity index (χ1n) is 15.4. The van der Waals surface area contributed by atoms with Crippen LogP contribution < -0.4 is 14.4 Å². The largest absolute Gasteiger partial charge is 0.478 e. The highest BCUT2D eigenvalue weighted by molar-refractivity contribution is 6.30. The molecule has 6 heterocycles. The number of rotatable bonds is 7. The summed E-state index contributed by atoms with van der Waals surface area (Å²) >= 11 is 6.08. The highest BCUT2D eigenvalue weighted by Gasteiger charge is 2.46. The molecule has 1 N–H and O–H groups in total. The molecule has 2 aromatic carbocycles. The molecule has 0 saturated carbocycles. The number of ether oxygens (including phenoxy) is 4. The molecule has 8 rings (SSSR count). The SMILES string of the molecule is C[C@]1(c2ccc(Cl)cn2)Oc2cccc(N3CCN(Cc4nc5ccc(C(=O)O)cc5n4C[C@@H]4CCCO4)[C@@H]4COC[C@@H]43)c2O1. The van der Waals surface area contributed by atoms with Crippen molar-refractivity contribution in [2.75, 3.05) is 37.8 Å². The Kier molecular flexibility index (Phi) is 7.09. The Bertz CT molecular complexity index is 1760. The van der Waals surface area contributed by atoms with Crippen molar-refractivity contribution in [1.29, 1.82) is 0 Å². The van der Waals surface area contributed by atoms with Gasteiger partial charge in [-0.05, 0) is 55.3 Å². The fourth-order valence-corrected chi connectivity index (χ4v) is 7.24. The van der Waals surface area contributed by atoms with Crippen LogP contribution in [0.15, 0.2) is 54.7 Å². The van der Waals surface area contributed by atoms with E-state index in [0.29, 0.717) is 48.5 Å². The molecular formula is C33H34ClN5O6. The van der Waals surface area contributed by atoms with Crippen molar-refractivity contribution in [3.63, 3.8) is 0 Å². The smallest absolute Gasteiger partial charge is 0.335 e. The lowest BCUT2D eigenvalue weighted by Gasteiger charge is -2.44. The van der Waals surface area contributed by atoms with E-state index >= 15 is 0 Å². The topological polar surface area (TPSA) is 111 Å². The first-order valence-corrected chi connectivity index (χ1v) is 15.8. The van der Waals surface area contributed by atoms with E-state index in [4.69, 9.17) is 35.5 Å². The van der Waals surface area contributed by atoms with Crippen LogP contribution in [0.25, 0.3) is 11.0 Å². The van der Waals surface area contributed by atoms with Gasteiger partial charge in [0.15, 0.2) is 11.5 Å². The molecule has 0 spiro atoms. The second-order valence-electron chi connectivity index (χ2n) is 12.2. The van der Waals surface area contributed by atoms with E-state index in [1.165, 1.54) is 0 Å². The predicted molar refractivity (Wildman–Crippen MR) is 166 cm³/mol. The quantitative estimate of drug-likeness (QED) is 0.308. The highest BCUT2D eigenvalue weighted by Crippen LogP contribution is 2.50. The maximum absolute atomic E-state index is 11.8. The summed E-state index contributed by atoms with van der Waals surface area (Å²) in [6.07, 6.45) is 3.70.